The summed E-state index contributed by atoms with van der Waals surface area (Å²) in [6, 6.07) is 7.67. The third-order valence-electron chi connectivity index (χ3n) is 3.70. The zero-order valence-electron chi connectivity index (χ0n) is 12.3. The third kappa shape index (κ3) is 2.86. The van der Waals surface area contributed by atoms with Crippen molar-refractivity contribution in [2.45, 2.75) is 19.8 Å². The van der Waals surface area contributed by atoms with Crippen LogP contribution < -0.4 is 10.2 Å². The van der Waals surface area contributed by atoms with Crippen molar-refractivity contribution >= 4 is 17.3 Å². The average molecular weight is 282 g/mol. The second kappa shape index (κ2) is 5.52. The molecule has 0 aliphatic carbocycles. The number of rotatable bonds is 2. The number of aryl methyl sites for hydroxylation is 2. The lowest BCUT2D eigenvalue weighted by atomic mass is 10.0. The van der Waals surface area contributed by atoms with Crippen LogP contribution in [0.1, 0.15) is 28.3 Å². The van der Waals surface area contributed by atoms with Gasteiger partial charge in [0.15, 0.2) is 0 Å². The average Bonchev–Trinajstić information content (AvgIpc) is 2.47. The van der Waals surface area contributed by atoms with Gasteiger partial charge in [0.05, 0.1) is 0 Å². The van der Waals surface area contributed by atoms with E-state index in [1.165, 1.54) is 11.3 Å². The predicted octanol–water partition coefficient (Wildman–Crippen LogP) is 2.42. The highest BCUT2D eigenvalue weighted by Gasteiger charge is 2.15. The van der Waals surface area contributed by atoms with E-state index in [1.54, 1.807) is 19.2 Å². The number of anilines is 2. The zero-order chi connectivity index (χ0) is 14.8. The van der Waals surface area contributed by atoms with Crippen molar-refractivity contribution < 1.29 is 4.79 Å². The Balaban J connectivity index is 1.81. The summed E-state index contributed by atoms with van der Waals surface area (Å²) in [7, 11) is 2.10. The lowest BCUT2D eigenvalue weighted by molar-refractivity contribution is 0.102. The molecular formula is C16H18N4O. The Morgan fingerprint density at radius 2 is 2.19 bits per heavy atom. The van der Waals surface area contributed by atoms with Crippen molar-refractivity contribution in [3.8, 4) is 0 Å². The Labute approximate surface area is 124 Å². The molecular weight excluding hydrogens is 264 g/mol. The molecule has 0 saturated carbocycles. The summed E-state index contributed by atoms with van der Waals surface area (Å²) in [5.41, 5.74) is 3.72. The molecule has 1 aromatic heterocycles. The largest absolute Gasteiger partial charge is 0.374 e. The van der Waals surface area contributed by atoms with Crippen LogP contribution in [0.25, 0.3) is 0 Å². The van der Waals surface area contributed by atoms with E-state index < -0.39 is 0 Å². The van der Waals surface area contributed by atoms with Crippen LogP contribution in [0.3, 0.4) is 0 Å². The minimum absolute atomic E-state index is 0.204. The molecule has 0 saturated heterocycles. The summed E-state index contributed by atoms with van der Waals surface area (Å²) in [5, 5.41) is 2.90. The van der Waals surface area contributed by atoms with Crippen LogP contribution in [-0.2, 0) is 6.42 Å². The van der Waals surface area contributed by atoms with E-state index in [2.05, 4.69) is 39.4 Å². The maximum atomic E-state index is 12.2. The van der Waals surface area contributed by atoms with E-state index in [0.29, 0.717) is 11.5 Å². The van der Waals surface area contributed by atoms with E-state index in [4.69, 9.17) is 0 Å². The van der Waals surface area contributed by atoms with Gasteiger partial charge < -0.3 is 10.2 Å². The summed E-state index contributed by atoms with van der Waals surface area (Å²) < 4.78 is 0. The fourth-order valence-corrected chi connectivity index (χ4v) is 2.64. The molecule has 0 bridgehead atoms. The molecule has 21 heavy (non-hydrogen) atoms. The maximum Gasteiger partial charge on any atom is 0.274 e. The first-order valence-electron chi connectivity index (χ1n) is 7.08. The van der Waals surface area contributed by atoms with Crippen LogP contribution in [0.5, 0.6) is 0 Å². The Hall–Kier alpha value is -2.43. The molecule has 0 fully saturated rings. The standard InChI is InChI=1S/C16H18N4O/c1-11-17-8-7-14(18-11)16(21)19-13-5-6-15-12(10-13)4-3-9-20(15)2/h5-8,10H,3-4,9H2,1-2H3,(H,19,21). The van der Waals surface area contributed by atoms with Gasteiger partial charge in [-0.25, -0.2) is 9.97 Å². The van der Waals surface area contributed by atoms with Gasteiger partial charge >= 0.3 is 0 Å². The zero-order valence-corrected chi connectivity index (χ0v) is 12.3. The molecule has 1 aliphatic rings. The van der Waals surface area contributed by atoms with Gasteiger partial charge in [-0.2, -0.15) is 0 Å². The number of benzene rings is 1. The molecule has 1 amide bonds. The summed E-state index contributed by atoms with van der Waals surface area (Å²) in [6.45, 7) is 2.85. The highest BCUT2D eigenvalue weighted by atomic mass is 16.1. The Bertz CT molecular complexity index is 684. The van der Waals surface area contributed by atoms with Crippen molar-refractivity contribution in [1.82, 2.24) is 9.97 Å². The molecule has 0 radical (unpaired) electrons. The fraction of sp³-hybridized carbons (Fsp3) is 0.312. The van der Waals surface area contributed by atoms with Crippen LogP contribution >= 0.6 is 0 Å². The first-order valence-corrected chi connectivity index (χ1v) is 7.08. The summed E-state index contributed by atoms with van der Waals surface area (Å²) in [4.78, 5) is 22.6. The molecule has 1 aliphatic heterocycles. The van der Waals surface area contributed by atoms with Crippen molar-refractivity contribution in [2.24, 2.45) is 0 Å². The number of carbonyl (C=O) groups is 1. The van der Waals surface area contributed by atoms with E-state index in [-0.39, 0.29) is 5.91 Å². The number of hydrogen-bond acceptors (Lipinski definition) is 4. The number of amides is 1. The summed E-state index contributed by atoms with van der Waals surface area (Å²) in [5.74, 6) is 0.388. The quantitative estimate of drug-likeness (QED) is 0.919. The molecule has 1 N–H and O–H groups in total. The van der Waals surface area contributed by atoms with Gasteiger partial charge in [0, 0.05) is 31.2 Å². The summed E-state index contributed by atoms with van der Waals surface area (Å²) in [6.07, 6.45) is 3.79. The van der Waals surface area contributed by atoms with Gasteiger partial charge in [0.1, 0.15) is 11.5 Å². The van der Waals surface area contributed by atoms with Gasteiger partial charge in [0.25, 0.3) is 5.91 Å². The van der Waals surface area contributed by atoms with Crippen molar-refractivity contribution in [3.05, 3.63) is 47.5 Å². The highest BCUT2D eigenvalue weighted by molar-refractivity contribution is 6.03. The molecule has 2 heterocycles. The van der Waals surface area contributed by atoms with Crippen LogP contribution in [0.2, 0.25) is 0 Å². The lowest BCUT2D eigenvalue weighted by Crippen LogP contribution is -2.24. The maximum absolute atomic E-state index is 12.2. The monoisotopic (exact) mass is 282 g/mol. The van der Waals surface area contributed by atoms with Crippen LogP contribution in [0, 0.1) is 6.92 Å². The Morgan fingerprint density at radius 3 is 3.00 bits per heavy atom. The van der Waals surface area contributed by atoms with E-state index in [0.717, 1.165) is 25.1 Å². The lowest BCUT2D eigenvalue weighted by Gasteiger charge is -2.27. The molecule has 0 spiro atoms. The smallest absolute Gasteiger partial charge is 0.274 e. The van der Waals surface area contributed by atoms with Gasteiger partial charge in [-0.05, 0) is 49.6 Å². The first kappa shape index (κ1) is 13.5. The highest BCUT2D eigenvalue weighted by Crippen LogP contribution is 2.28. The Morgan fingerprint density at radius 1 is 1.33 bits per heavy atom. The van der Waals surface area contributed by atoms with E-state index >= 15 is 0 Å². The fourth-order valence-electron chi connectivity index (χ4n) is 2.64. The van der Waals surface area contributed by atoms with Crippen molar-refractivity contribution in [3.63, 3.8) is 0 Å². The van der Waals surface area contributed by atoms with Gasteiger partial charge in [0.2, 0.25) is 0 Å². The normalized spacial score (nSPS) is 13.7. The number of aromatic nitrogens is 2. The topological polar surface area (TPSA) is 58.1 Å². The second-order valence-corrected chi connectivity index (χ2v) is 5.31. The molecule has 0 atom stereocenters. The molecule has 5 nitrogen and oxygen atoms in total. The molecule has 3 rings (SSSR count). The third-order valence-corrected chi connectivity index (χ3v) is 3.70. The molecule has 5 heteroatoms. The summed E-state index contributed by atoms with van der Waals surface area (Å²) >= 11 is 0. The van der Waals surface area contributed by atoms with E-state index in [9.17, 15) is 4.79 Å². The van der Waals surface area contributed by atoms with Crippen LogP contribution in [0.4, 0.5) is 11.4 Å². The molecule has 1 aromatic carbocycles. The number of nitrogens with one attached hydrogen (secondary N) is 1. The molecule has 0 unspecified atom stereocenters. The second-order valence-electron chi connectivity index (χ2n) is 5.31. The number of hydrogen-bond donors (Lipinski definition) is 1. The van der Waals surface area contributed by atoms with Crippen LogP contribution in [-0.4, -0.2) is 29.5 Å². The number of carbonyl (C=O) groups excluding carboxylic acids is 1. The first-order chi connectivity index (χ1) is 10.1. The van der Waals surface area contributed by atoms with Crippen molar-refractivity contribution in [1.29, 1.82) is 0 Å². The Kier molecular flexibility index (Phi) is 3.56. The number of nitrogens with zero attached hydrogens (tertiary/aromatic N) is 3. The van der Waals surface area contributed by atoms with Gasteiger partial charge in [-0.3, -0.25) is 4.79 Å². The van der Waals surface area contributed by atoms with Crippen molar-refractivity contribution in [2.75, 3.05) is 23.8 Å². The SMILES string of the molecule is Cc1nccc(C(=O)Nc2ccc3c(c2)CCCN3C)n1. The van der Waals surface area contributed by atoms with Gasteiger partial charge in [-0.1, -0.05) is 0 Å². The van der Waals surface area contributed by atoms with Gasteiger partial charge in [-0.15, -0.1) is 0 Å². The molecule has 2 aromatic rings. The minimum Gasteiger partial charge on any atom is -0.374 e. The van der Waals surface area contributed by atoms with E-state index in [1.807, 2.05) is 6.07 Å². The van der Waals surface area contributed by atoms with Crippen LogP contribution in [0.15, 0.2) is 30.5 Å². The predicted molar refractivity (Wildman–Crippen MR) is 82.8 cm³/mol. The number of fused-ring (bicyclic) bond motifs is 1. The molecule has 108 valence electrons. The minimum atomic E-state index is -0.204.